The summed E-state index contributed by atoms with van der Waals surface area (Å²) in [6.07, 6.45) is 2.61. The van der Waals surface area contributed by atoms with Gasteiger partial charge in [0.15, 0.2) is 0 Å². The van der Waals surface area contributed by atoms with Crippen LogP contribution in [-0.2, 0) is 0 Å². The predicted molar refractivity (Wildman–Crippen MR) is 77.2 cm³/mol. The fourth-order valence-corrected chi connectivity index (χ4v) is 3.19. The number of hydrogen-bond donors (Lipinski definition) is 1. The third kappa shape index (κ3) is 1.95. The minimum atomic E-state index is 0.529. The minimum absolute atomic E-state index is 0.529. The summed E-state index contributed by atoms with van der Waals surface area (Å²) in [4.78, 5) is 0. The van der Waals surface area contributed by atoms with Crippen molar-refractivity contribution in [3.8, 4) is 0 Å². The summed E-state index contributed by atoms with van der Waals surface area (Å²) in [6.45, 7) is 6.87. The zero-order chi connectivity index (χ0) is 12.5. The molecule has 0 saturated carbocycles. The smallest absolute Gasteiger partial charge is 0.0485 e. The molecule has 1 aromatic heterocycles. The van der Waals surface area contributed by atoms with Crippen LogP contribution in [0, 0.1) is 0 Å². The van der Waals surface area contributed by atoms with Crippen LogP contribution in [0.1, 0.15) is 44.3 Å². The van der Waals surface area contributed by atoms with E-state index >= 15 is 0 Å². The predicted octanol–water partition coefficient (Wildman–Crippen LogP) is 3.69. The topological polar surface area (TPSA) is 17.0 Å². The van der Waals surface area contributed by atoms with E-state index < -0.39 is 0 Å². The summed E-state index contributed by atoms with van der Waals surface area (Å²) < 4.78 is 2.52. The SMILES string of the molecule is CC(C)n1c([C@H]2CCCNC2)cc2ccccc21. The standard InChI is InChI=1S/C16H22N2/c1-12(2)18-15-8-4-3-6-13(15)10-16(18)14-7-5-9-17-11-14/h3-4,6,8,10,12,14,17H,5,7,9,11H2,1-2H3/t14-/m0/s1. The number of aromatic nitrogens is 1. The van der Waals surface area contributed by atoms with Gasteiger partial charge in [0.1, 0.15) is 0 Å². The molecule has 3 rings (SSSR count). The Morgan fingerprint density at radius 3 is 2.83 bits per heavy atom. The number of para-hydroxylation sites is 1. The lowest BCUT2D eigenvalue weighted by atomic mass is 9.96. The van der Waals surface area contributed by atoms with E-state index in [1.54, 1.807) is 0 Å². The average Bonchev–Trinajstić information content (AvgIpc) is 2.79. The third-order valence-electron chi connectivity index (χ3n) is 4.01. The van der Waals surface area contributed by atoms with E-state index in [2.05, 4.69) is 54.1 Å². The Morgan fingerprint density at radius 2 is 2.11 bits per heavy atom. The molecule has 2 heterocycles. The normalized spacial score (nSPS) is 20.7. The first-order chi connectivity index (χ1) is 8.77. The molecule has 18 heavy (non-hydrogen) atoms. The van der Waals surface area contributed by atoms with Crippen LogP contribution in [0.3, 0.4) is 0 Å². The number of nitrogens with zero attached hydrogens (tertiary/aromatic N) is 1. The molecule has 2 heteroatoms. The Morgan fingerprint density at radius 1 is 1.28 bits per heavy atom. The number of benzene rings is 1. The van der Waals surface area contributed by atoms with Gasteiger partial charge in [0.05, 0.1) is 0 Å². The van der Waals surface area contributed by atoms with E-state index in [4.69, 9.17) is 0 Å². The number of hydrogen-bond acceptors (Lipinski definition) is 1. The van der Waals surface area contributed by atoms with E-state index in [0.29, 0.717) is 12.0 Å². The molecule has 2 aromatic rings. The average molecular weight is 242 g/mol. The molecule has 1 saturated heterocycles. The lowest BCUT2D eigenvalue weighted by Crippen LogP contribution is -2.29. The number of fused-ring (bicyclic) bond motifs is 1. The molecule has 1 N–H and O–H groups in total. The lowest BCUT2D eigenvalue weighted by Gasteiger charge is -2.26. The molecule has 1 aromatic carbocycles. The van der Waals surface area contributed by atoms with Gasteiger partial charge in [-0.3, -0.25) is 0 Å². The van der Waals surface area contributed by atoms with Gasteiger partial charge in [-0.25, -0.2) is 0 Å². The molecule has 1 aliphatic heterocycles. The molecule has 0 radical (unpaired) electrons. The van der Waals surface area contributed by atoms with Crippen molar-refractivity contribution >= 4 is 10.9 Å². The zero-order valence-electron chi connectivity index (χ0n) is 11.3. The van der Waals surface area contributed by atoms with E-state index in [1.807, 2.05) is 0 Å². The molecular formula is C16H22N2. The van der Waals surface area contributed by atoms with Crippen LogP contribution >= 0.6 is 0 Å². The van der Waals surface area contributed by atoms with Gasteiger partial charge >= 0.3 is 0 Å². The second-order valence-electron chi connectivity index (χ2n) is 5.64. The van der Waals surface area contributed by atoms with Crippen molar-refractivity contribution in [2.75, 3.05) is 13.1 Å². The van der Waals surface area contributed by atoms with E-state index in [9.17, 15) is 0 Å². The number of rotatable bonds is 2. The molecule has 0 amide bonds. The molecule has 0 unspecified atom stereocenters. The molecule has 1 aliphatic rings. The first-order valence-electron chi connectivity index (χ1n) is 7.08. The zero-order valence-corrected chi connectivity index (χ0v) is 11.3. The monoisotopic (exact) mass is 242 g/mol. The highest BCUT2D eigenvalue weighted by atomic mass is 15.0. The summed E-state index contributed by atoms with van der Waals surface area (Å²) in [5, 5.41) is 4.91. The summed E-state index contributed by atoms with van der Waals surface area (Å²) in [5.74, 6) is 0.675. The van der Waals surface area contributed by atoms with Crippen LogP contribution in [-0.4, -0.2) is 17.7 Å². The van der Waals surface area contributed by atoms with Crippen LogP contribution in [0.2, 0.25) is 0 Å². The highest BCUT2D eigenvalue weighted by Crippen LogP contribution is 2.31. The number of piperidine rings is 1. The van der Waals surface area contributed by atoms with Gasteiger partial charge in [0.25, 0.3) is 0 Å². The van der Waals surface area contributed by atoms with Gasteiger partial charge in [-0.1, -0.05) is 18.2 Å². The maximum absolute atomic E-state index is 3.53. The summed E-state index contributed by atoms with van der Waals surface area (Å²) >= 11 is 0. The second-order valence-corrected chi connectivity index (χ2v) is 5.64. The fourth-order valence-electron chi connectivity index (χ4n) is 3.19. The van der Waals surface area contributed by atoms with Crippen LogP contribution in [0.5, 0.6) is 0 Å². The second kappa shape index (κ2) is 4.77. The molecule has 0 spiro atoms. The molecule has 0 bridgehead atoms. The molecule has 2 nitrogen and oxygen atoms in total. The van der Waals surface area contributed by atoms with E-state index in [-0.39, 0.29) is 0 Å². The molecular weight excluding hydrogens is 220 g/mol. The Bertz CT molecular complexity index is 533. The maximum Gasteiger partial charge on any atom is 0.0485 e. The van der Waals surface area contributed by atoms with Crippen LogP contribution in [0.4, 0.5) is 0 Å². The van der Waals surface area contributed by atoms with Gasteiger partial charge in [0.2, 0.25) is 0 Å². The van der Waals surface area contributed by atoms with Crippen molar-refractivity contribution in [2.24, 2.45) is 0 Å². The van der Waals surface area contributed by atoms with Gasteiger partial charge < -0.3 is 9.88 Å². The van der Waals surface area contributed by atoms with Crippen LogP contribution in [0.25, 0.3) is 10.9 Å². The van der Waals surface area contributed by atoms with Crippen molar-refractivity contribution in [3.63, 3.8) is 0 Å². The van der Waals surface area contributed by atoms with Gasteiger partial charge in [-0.15, -0.1) is 0 Å². The molecule has 96 valence electrons. The van der Waals surface area contributed by atoms with Crippen LogP contribution in [0.15, 0.2) is 30.3 Å². The molecule has 1 atom stereocenters. The first kappa shape index (κ1) is 11.8. The molecule has 0 aliphatic carbocycles. The third-order valence-corrected chi connectivity index (χ3v) is 4.01. The molecule has 1 fully saturated rings. The van der Waals surface area contributed by atoms with Crippen LogP contribution < -0.4 is 5.32 Å². The van der Waals surface area contributed by atoms with Gasteiger partial charge in [-0.2, -0.15) is 0 Å². The van der Waals surface area contributed by atoms with Crippen molar-refractivity contribution in [1.82, 2.24) is 9.88 Å². The van der Waals surface area contributed by atoms with E-state index in [0.717, 1.165) is 6.54 Å². The van der Waals surface area contributed by atoms with Crippen molar-refractivity contribution in [3.05, 3.63) is 36.0 Å². The van der Waals surface area contributed by atoms with Gasteiger partial charge in [0, 0.05) is 29.7 Å². The Labute approximate surface area is 109 Å². The largest absolute Gasteiger partial charge is 0.342 e. The highest BCUT2D eigenvalue weighted by molar-refractivity contribution is 5.81. The summed E-state index contributed by atoms with van der Waals surface area (Å²) in [5.41, 5.74) is 2.89. The maximum atomic E-state index is 3.53. The summed E-state index contributed by atoms with van der Waals surface area (Å²) in [7, 11) is 0. The van der Waals surface area contributed by atoms with Crippen molar-refractivity contribution in [1.29, 1.82) is 0 Å². The summed E-state index contributed by atoms with van der Waals surface area (Å²) in [6, 6.07) is 11.7. The number of nitrogens with one attached hydrogen (secondary N) is 1. The van der Waals surface area contributed by atoms with Gasteiger partial charge in [-0.05, 0) is 50.8 Å². The Balaban J connectivity index is 2.11. The Kier molecular flexibility index (Phi) is 3.13. The Hall–Kier alpha value is -1.28. The van der Waals surface area contributed by atoms with Crippen molar-refractivity contribution in [2.45, 2.75) is 38.6 Å². The highest BCUT2D eigenvalue weighted by Gasteiger charge is 2.21. The first-order valence-corrected chi connectivity index (χ1v) is 7.08. The minimum Gasteiger partial charge on any atom is -0.342 e. The lowest BCUT2D eigenvalue weighted by molar-refractivity contribution is 0.434. The van der Waals surface area contributed by atoms with E-state index in [1.165, 1.54) is 36.0 Å². The fraction of sp³-hybridized carbons (Fsp3) is 0.500. The quantitative estimate of drug-likeness (QED) is 0.850. The van der Waals surface area contributed by atoms with Crippen molar-refractivity contribution < 1.29 is 0 Å².